The third-order valence-electron chi connectivity index (χ3n) is 4.68. The fourth-order valence-corrected chi connectivity index (χ4v) is 4.08. The summed E-state index contributed by atoms with van der Waals surface area (Å²) in [6.07, 6.45) is 8.42. The summed E-state index contributed by atoms with van der Waals surface area (Å²) in [7, 11) is 1.60. The molecule has 8 heteroatoms. The third-order valence-corrected chi connectivity index (χ3v) is 5.77. The molecule has 0 saturated heterocycles. The van der Waals surface area contributed by atoms with Crippen LogP contribution in [0.1, 0.15) is 44.9 Å². The van der Waals surface area contributed by atoms with E-state index in [4.69, 9.17) is 16.3 Å². The molecule has 146 valence electrons. The van der Waals surface area contributed by atoms with E-state index in [1.807, 2.05) is 0 Å². The van der Waals surface area contributed by atoms with Gasteiger partial charge in [0.1, 0.15) is 5.75 Å². The number of hydrogen-bond donors (Lipinski definition) is 2. The van der Waals surface area contributed by atoms with Gasteiger partial charge in [-0.2, -0.15) is 0 Å². The number of thioether (sulfide) groups is 1. The number of ether oxygens (including phenoxy) is 1. The minimum atomic E-state index is 0.0391. The molecule has 1 aliphatic rings. The number of carbonyl (C=O) groups is 1. The van der Waals surface area contributed by atoms with Gasteiger partial charge in [-0.15, -0.1) is 5.10 Å². The average molecular weight is 409 g/mol. The fourth-order valence-electron chi connectivity index (χ4n) is 3.30. The molecular weight excluding hydrogens is 384 g/mol. The van der Waals surface area contributed by atoms with E-state index >= 15 is 0 Å². The smallest absolute Gasteiger partial charge is 0.230 e. The lowest BCUT2D eigenvalue weighted by Gasteiger charge is -2.20. The molecule has 0 spiro atoms. The molecule has 0 bridgehead atoms. The van der Waals surface area contributed by atoms with Crippen molar-refractivity contribution in [1.29, 1.82) is 0 Å². The van der Waals surface area contributed by atoms with E-state index in [0.717, 1.165) is 18.4 Å². The normalized spacial score (nSPS) is 15.8. The van der Waals surface area contributed by atoms with Crippen molar-refractivity contribution in [3.05, 3.63) is 23.2 Å². The van der Waals surface area contributed by atoms with E-state index < -0.39 is 0 Å². The maximum Gasteiger partial charge on any atom is 0.230 e. The van der Waals surface area contributed by atoms with Crippen molar-refractivity contribution < 1.29 is 9.53 Å². The Morgan fingerprint density at radius 3 is 2.78 bits per heavy atom. The van der Waals surface area contributed by atoms with Crippen molar-refractivity contribution in [2.75, 3.05) is 12.9 Å². The zero-order valence-electron chi connectivity index (χ0n) is 15.5. The van der Waals surface area contributed by atoms with Crippen LogP contribution in [0.3, 0.4) is 0 Å². The summed E-state index contributed by atoms with van der Waals surface area (Å²) in [5.41, 5.74) is 0.739. The van der Waals surface area contributed by atoms with Crippen LogP contribution in [-0.4, -0.2) is 40.0 Å². The van der Waals surface area contributed by atoms with E-state index in [-0.39, 0.29) is 5.91 Å². The second kappa shape index (κ2) is 9.99. The van der Waals surface area contributed by atoms with Crippen LogP contribution in [-0.2, 0) is 4.79 Å². The first-order chi connectivity index (χ1) is 13.2. The van der Waals surface area contributed by atoms with Gasteiger partial charge < -0.3 is 10.1 Å². The molecule has 1 aliphatic carbocycles. The monoisotopic (exact) mass is 408 g/mol. The zero-order chi connectivity index (χ0) is 19.1. The van der Waals surface area contributed by atoms with Gasteiger partial charge in [-0.1, -0.05) is 55.5 Å². The first-order valence-electron chi connectivity index (χ1n) is 9.34. The Morgan fingerprint density at radius 2 is 2.04 bits per heavy atom. The number of aromatic amines is 1. The maximum absolute atomic E-state index is 12.3. The van der Waals surface area contributed by atoms with Crippen molar-refractivity contribution in [3.63, 3.8) is 0 Å². The quantitative estimate of drug-likeness (QED) is 0.690. The number of methoxy groups -OCH3 is 1. The number of nitrogens with zero attached hydrogens (tertiary/aromatic N) is 2. The van der Waals surface area contributed by atoms with Gasteiger partial charge in [-0.05, 0) is 31.0 Å². The van der Waals surface area contributed by atoms with Gasteiger partial charge in [-0.25, -0.2) is 4.98 Å². The minimum absolute atomic E-state index is 0.0391. The molecular formula is C19H25ClN4O2S. The largest absolute Gasteiger partial charge is 0.496 e. The second-order valence-corrected chi connectivity index (χ2v) is 8.09. The van der Waals surface area contributed by atoms with Gasteiger partial charge in [0.05, 0.1) is 18.4 Å². The van der Waals surface area contributed by atoms with Gasteiger partial charge in [0.15, 0.2) is 5.82 Å². The summed E-state index contributed by atoms with van der Waals surface area (Å²) in [4.78, 5) is 16.7. The highest BCUT2D eigenvalue weighted by atomic mass is 35.5. The number of amides is 1. The third kappa shape index (κ3) is 5.87. The van der Waals surface area contributed by atoms with Gasteiger partial charge in [-0.3, -0.25) is 9.89 Å². The van der Waals surface area contributed by atoms with Crippen LogP contribution in [0, 0.1) is 0 Å². The summed E-state index contributed by atoms with van der Waals surface area (Å²) in [6, 6.07) is 5.62. The Hall–Kier alpha value is -1.73. The Balaban J connectivity index is 1.55. The molecule has 0 radical (unpaired) electrons. The molecule has 0 aliphatic heterocycles. The van der Waals surface area contributed by atoms with Crippen LogP contribution >= 0.6 is 23.4 Å². The summed E-state index contributed by atoms with van der Waals surface area (Å²) in [5, 5.41) is 11.4. The van der Waals surface area contributed by atoms with E-state index in [1.54, 1.807) is 25.3 Å². The van der Waals surface area contributed by atoms with Crippen molar-refractivity contribution in [1.82, 2.24) is 20.5 Å². The molecule has 1 saturated carbocycles. The number of nitrogens with one attached hydrogen (secondary N) is 2. The molecule has 0 unspecified atom stereocenters. The highest BCUT2D eigenvalue weighted by Gasteiger charge is 2.16. The van der Waals surface area contributed by atoms with Gasteiger partial charge in [0, 0.05) is 11.1 Å². The van der Waals surface area contributed by atoms with Crippen LogP contribution in [0.4, 0.5) is 0 Å². The number of H-pyrrole nitrogens is 1. The Kier molecular flexibility index (Phi) is 7.41. The number of rotatable bonds is 6. The predicted octanol–water partition coefficient (Wildman–Crippen LogP) is 4.45. The second-order valence-electron chi connectivity index (χ2n) is 6.71. The highest BCUT2D eigenvalue weighted by molar-refractivity contribution is 7.99. The van der Waals surface area contributed by atoms with Crippen molar-refractivity contribution in [2.45, 2.75) is 56.1 Å². The number of hydrogen-bond acceptors (Lipinski definition) is 5. The van der Waals surface area contributed by atoms with Crippen LogP contribution < -0.4 is 10.1 Å². The lowest BCUT2D eigenvalue weighted by Crippen LogP contribution is -2.36. The van der Waals surface area contributed by atoms with Gasteiger partial charge in [0.25, 0.3) is 0 Å². The fraction of sp³-hybridized carbons (Fsp3) is 0.526. The van der Waals surface area contributed by atoms with Crippen LogP contribution in [0.25, 0.3) is 11.4 Å². The van der Waals surface area contributed by atoms with E-state index in [2.05, 4.69) is 20.5 Å². The lowest BCUT2D eigenvalue weighted by molar-refractivity contribution is -0.119. The molecule has 2 N–H and O–H groups in total. The summed E-state index contributed by atoms with van der Waals surface area (Å²) >= 11 is 7.39. The number of aromatic nitrogens is 3. The summed E-state index contributed by atoms with van der Waals surface area (Å²) < 4.78 is 5.35. The Labute approximate surface area is 168 Å². The van der Waals surface area contributed by atoms with E-state index in [9.17, 15) is 4.79 Å². The first kappa shape index (κ1) is 20.0. The summed E-state index contributed by atoms with van der Waals surface area (Å²) in [6.45, 7) is 0. The highest BCUT2D eigenvalue weighted by Crippen LogP contribution is 2.31. The number of halogens is 1. The molecule has 0 atom stereocenters. The topological polar surface area (TPSA) is 79.9 Å². The molecule has 1 amide bonds. The Morgan fingerprint density at radius 1 is 1.30 bits per heavy atom. The molecule has 1 aromatic heterocycles. The van der Waals surface area contributed by atoms with Crippen LogP contribution in [0.15, 0.2) is 23.4 Å². The maximum atomic E-state index is 12.3. The van der Waals surface area contributed by atoms with E-state index in [1.165, 1.54) is 43.9 Å². The molecule has 1 fully saturated rings. The molecule has 6 nitrogen and oxygen atoms in total. The van der Waals surface area contributed by atoms with Crippen molar-refractivity contribution in [2.24, 2.45) is 0 Å². The standard InChI is InChI=1S/C19H25ClN4O2S/c1-26-16-10-9-13(20)11-15(16)18-22-19(24-23-18)27-12-17(25)21-14-7-5-3-2-4-6-8-14/h9-11,14H,2-8,12H2,1H3,(H,21,25)(H,22,23,24). The van der Waals surface area contributed by atoms with Gasteiger partial charge in [0.2, 0.25) is 11.1 Å². The van der Waals surface area contributed by atoms with Gasteiger partial charge >= 0.3 is 0 Å². The molecule has 27 heavy (non-hydrogen) atoms. The SMILES string of the molecule is COc1ccc(Cl)cc1-c1nc(SCC(=O)NC2CCCCCCC2)n[nH]1. The van der Waals surface area contributed by atoms with Crippen molar-refractivity contribution in [3.8, 4) is 17.1 Å². The number of carbonyl (C=O) groups excluding carboxylic acids is 1. The molecule has 1 aromatic carbocycles. The first-order valence-corrected chi connectivity index (χ1v) is 10.7. The minimum Gasteiger partial charge on any atom is -0.496 e. The van der Waals surface area contributed by atoms with Crippen LogP contribution in [0.5, 0.6) is 5.75 Å². The van der Waals surface area contributed by atoms with E-state index in [0.29, 0.717) is 33.5 Å². The van der Waals surface area contributed by atoms with Crippen molar-refractivity contribution >= 4 is 29.3 Å². The molecule has 3 rings (SSSR count). The average Bonchev–Trinajstić information content (AvgIpc) is 3.11. The number of benzene rings is 1. The predicted molar refractivity (Wildman–Crippen MR) is 108 cm³/mol. The molecule has 1 heterocycles. The summed E-state index contributed by atoms with van der Waals surface area (Å²) in [5.74, 6) is 1.57. The Bertz CT molecular complexity index is 760. The zero-order valence-corrected chi connectivity index (χ0v) is 17.0. The lowest BCUT2D eigenvalue weighted by atomic mass is 9.97. The van der Waals surface area contributed by atoms with Crippen LogP contribution in [0.2, 0.25) is 5.02 Å². The molecule has 2 aromatic rings.